The van der Waals surface area contributed by atoms with Crippen molar-refractivity contribution < 1.29 is 37.1 Å². The summed E-state index contributed by atoms with van der Waals surface area (Å²) in [7, 11) is 0. The summed E-state index contributed by atoms with van der Waals surface area (Å²) in [5.74, 6) is -1.03. The van der Waals surface area contributed by atoms with Gasteiger partial charge >= 0.3 is 6.18 Å². The third kappa shape index (κ3) is 8.73. The number of amides is 4. The summed E-state index contributed by atoms with van der Waals surface area (Å²) in [6.07, 6.45) is 0.733. The van der Waals surface area contributed by atoms with Crippen molar-refractivity contribution in [3.8, 4) is 11.8 Å². The largest absolute Gasteiger partial charge is 0.489 e. The number of nitrogens with one attached hydrogen (secondary N) is 2. The molecule has 0 aromatic heterocycles. The Kier molecular flexibility index (Phi) is 12.0. The van der Waals surface area contributed by atoms with Crippen LogP contribution in [0.3, 0.4) is 0 Å². The summed E-state index contributed by atoms with van der Waals surface area (Å²) in [6, 6.07) is 17.7. The molecule has 3 fully saturated rings. The van der Waals surface area contributed by atoms with Crippen LogP contribution in [0.2, 0.25) is 0 Å². The Hall–Kier alpha value is -5.42. The molecular weight excluding hydrogens is 774 g/mol. The van der Waals surface area contributed by atoms with E-state index in [1.165, 1.54) is 6.07 Å². The normalized spacial score (nSPS) is 22.4. The van der Waals surface area contributed by atoms with Gasteiger partial charge in [-0.1, -0.05) is 58.7 Å². The number of hydrogen-bond donors (Lipinski definition) is 2. The number of benzene rings is 3. The second-order valence-electron chi connectivity index (χ2n) is 17.8. The molecule has 3 aromatic carbocycles. The second-order valence-corrected chi connectivity index (χ2v) is 17.8. The maximum atomic E-state index is 13.6. The highest BCUT2D eigenvalue weighted by Crippen LogP contribution is 2.55. The van der Waals surface area contributed by atoms with Crippen LogP contribution >= 0.6 is 0 Å². The Morgan fingerprint density at radius 3 is 2.28 bits per heavy atom. The lowest BCUT2D eigenvalue weighted by atomic mass is 9.49. The van der Waals surface area contributed by atoms with Gasteiger partial charge in [0.25, 0.3) is 11.8 Å². The van der Waals surface area contributed by atoms with Gasteiger partial charge in [0, 0.05) is 72.8 Å². The summed E-state index contributed by atoms with van der Waals surface area (Å²) in [4.78, 5) is 57.0. The van der Waals surface area contributed by atoms with Gasteiger partial charge in [-0.15, -0.1) is 0 Å². The summed E-state index contributed by atoms with van der Waals surface area (Å²) >= 11 is 0. The average Bonchev–Trinajstić information content (AvgIpc) is 3.54. The number of aryl methyl sites for hydroxylation is 1. The lowest BCUT2D eigenvalue weighted by Gasteiger charge is -2.63. The van der Waals surface area contributed by atoms with E-state index in [1.807, 2.05) is 64.1 Å². The maximum absolute atomic E-state index is 13.6. The number of halogens is 3. The fourth-order valence-electron chi connectivity index (χ4n) is 9.89. The predicted molar refractivity (Wildman–Crippen MR) is 219 cm³/mol. The van der Waals surface area contributed by atoms with E-state index in [0.717, 1.165) is 93.8 Å². The van der Waals surface area contributed by atoms with E-state index in [4.69, 9.17) is 10.00 Å². The smallest absolute Gasteiger partial charge is 0.417 e. The van der Waals surface area contributed by atoms with Crippen LogP contribution in [0.25, 0.3) is 0 Å². The fourth-order valence-corrected chi connectivity index (χ4v) is 9.89. The molecule has 2 N–H and O–H groups in total. The number of piperidine rings is 1. The zero-order valence-corrected chi connectivity index (χ0v) is 34.7. The first-order valence-corrected chi connectivity index (χ1v) is 20.9. The van der Waals surface area contributed by atoms with E-state index < -0.39 is 46.2 Å². The van der Waals surface area contributed by atoms with E-state index in [0.29, 0.717) is 24.1 Å². The van der Waals surface area contributed by atoms with Crippen molar-refractivity contribution in [1.82, 2.24) is 20.4 Å². The van der Waals surface area contributed by atoms with Crippen molar-refractivity contribution in [2.45, 2.75) is 104 Å². The molecule has 1 aliphatic carbocycles. The number of nitriles is 1. The lowest BCUT2D eigenvalue weighted by molar-refractivity contribution is -0.164. The SMILES string of the molecule is CC1(C)C(NC(=O)c2ccc(CCCCCCN3CCN(c4ccc5c(c4)C(=O)N([C@@H]4CCC(=O)NC4=O)C5)CC3)cc2)C(C)(C)C1Oc1ccc(C#N)c(C(F)(F)F)c1. The molecule has 318 valence electrons. The number of imide groups is 1. The first kappa shape index (κ1) is 42.7. The molecular formula is C46H53F3N6O5. The molecule has 1 saturated carbocycles. The van der Waals surface area contributed by atoms with Crippen LogP contribution in [-0.2, 0) is 28.7 Å². The third-order valence-corrected chi connectivity index (χ3v) is 12.9. The van der Waals surface area contributed by atoms with E-state index in [1.54, 1.807) is 11.0 Å². The Morgan fingerprint density at radius 1 is 0.917 bits per heavy atom. The minimum atomic E-state index is -4.69. The molecule has 3 heterocycles. The van der Waals surface area contributed by atoms with Gasteiger partial charge in [0.1, 0.15) is 17.9 Å². The molecule has 60 heavy (non-hydrogen) atoms. The number of alkyl halides is 3. The number of anilines is 1. The number of rotatable bonds is 13. The van der Waals surface area contributed by atoms with Gasteiger partial charge in [0.2, 0.25) is 11.8 Å². The average molecular weight is 827 g/mol. The quantitative estimate of drug-likeness (QED) is 0.141. The van der Waals surface area contributed by atoms with Crippen molar-refractivity contribution in [1.29, 1.82) is 5.26 Å². The number of fused-ring (bicyclic) bond motifs is 1. The van der Waals surface area contributed by atoms with Gasteiger partial charge in [0.15, 0.2) is 0 Å². The summed E-state index contributed by atoms with van der Waals surface area (Å²) < 4.78 is 46.8. The molecule has 2 saturated heterocycles. The first-order chi connectivity index (χ1) is 28.5. The van der Waals surface area contributed by atoms with Gasteiger partial charge in [-0.05, 0) is 85.8 Å². The van der Waals surface area contributed by atoms with Crippen LogP contribution in [0.1, 0.15) is 109 Å². The van der Waals surface area contributed by atoms with Crippen molar-refractivity contribution in [2.75, 3.05) is 37.6 Å². The number of hydrogen-bond acceptors (Lipinski definition) is 8. The van der Waals surface area contributed by atoms with E-state index in [9.17, 15) is 32.3 Å². The van der Waals surface area contributed by atoms with Crippen molar-refractivity contribution in [3.05, 3.63) is 94.0 Å². The number of nitrogens with zero attached hydrogens (tertiary/aromatic N) is 4. The van der Waals surface area contributed by atoms with Gasteiger partial charge in [-0.2, -0.15) is 18.4 Å². The maximum Gasteiger partial charge on any atom is 0.417 e. The molecule has 14 heteroatoms. The highest BCUT2D eigenvalue weighted by atomic mass is 19.4. The number of piperazine rings is 1. The fraction of sp³-hybridized carbons (Fsp3) is 0.500. The first-order valence-electron chi connectivity index (χ1n) is 20.9. The van der Waals surface area contributed by atoms with Crippen LogP contribution in [0.4, 0.5) is 18.9 Å². The Bertz CT molecular complexity index is 2160. The zero-order valence-electron chi connectivity index (χ0n) is 34.7. The van der Waals surface area contributed by atoms with Crippen molar-refractivity contribution >= 4 is 29.3 Å². The molecule has 0 spiro atoms. The van der Waals surface area contributed by atoms with Crippen LogP contribution in [-0.4, -0.2) is 84.3 Å². The number of unbranched alkanes of at least 4 members (excludes halogenated alkanes) is 3. The number of carbonyl (C=O) groups is 4. The van der Waals surface area contributed by atoms with E-state index in [-0.39, 0.29) is 35.9 Å². The Balaban J connectivity index is 0.801. The second kappa shape index (κ2) is 16.9. The molecule has 0 bridgehead atoms. The van der Waals surface area contributed by atoms with E-state index in [2.05, 4.69) is 26.5 Å². The third-order valence-electron chi connectivity index (χ3n) is 12.9. The van der Waals surface area contributed by atoms with Gasteiger partial charge < -0.3 is 19.9 Å². The van der Waals surface area contributed by atoms with Crippen molar-refractivity contribution in [3.63, 3.8) is 0 Å². The molecule has 7 rings (SSSR count). The monoisotopic (exact) mass is 826 g/mol. The Morgan fingerprint density at radius 2 is 1.62 bits per heavy atom. The molecule has 11 nitrogen and oxygen atoms in total. The zero-order chi connectivity index (χ0) is 43.0. The van der Waals surface area contributed by atoms with Gasteiger partial charge in [-0.25, -0.2) is 0 Å². The topological polar surface area (TPSA) is 135 Å². The van der Waals surface area contributed by atoms with Crippen molar-refractivity contribution in [2.24, 2.45) is 10.8 Å². The predicted octanol–water partition coefficient (Wildman–Crippen LogP) is 6.88. The molecule has 0 unspecified atom stereocenters. The number of carbonyl (C=O) groups excluding carboxylic acids is 4. The molecule has 4 amide bonds. The minimum absolute atomic E-state index is 0.0277. The highest BCUT2D eigenvalue weighted by molar-refractivity contribution is 6.05. The summed E-state index contributed by atoms with van der Waals surface area (Å²) in [6.45, 7) is 12.8. The Labute approximate surface area is 349 Å². The molecule has 3 aromatic rings. The minimum Gasteiger partial charge on any atom is -0.489 e. The van der Waals surface area contributed by atoms with Gasteiger partial charge in [-0.3, -0.25) is 29.4 Å². The molecule has 0 radical (unpaired) electrons. The standard InChI is InChI=1S/C46H53F3N6O5/c1-44(2)42(45(3,4)43(44)60-34-17-15-31(27-50)36(26-34)46(47,48)49)52-39(57)30-12-10-29(11-13-30)9-7-5-6-8-20-53-21-23-54(24-22-53)33-16-14-32-28-55(41(59)35(32)25-33)37-18-19-38(56)51-40(37)58/h10-17,25-26,37,42-43H,5-9,18-24,28H2,1-4H3,(H,52,57)(H,51,56,58)/t37-,42?,43?/m1/s1. The van der Waals surface area contributed by atoms with Gasteiger partial charge in [0.05, 0.1) is 17.2 Å². The van der Waals surface area contributed by atoms with Crippen LogP contribution in [0.15, 0.2) is 60.7 Å². The highest BCUT2D eigenvalue weighted by Gasteiger charge is 2.64. The number of ether oxygens (including phenoxy) is 1. The van der Waals surface area contributed by atoms with Crippen LogP contribution in [0.5, 0.6) is 5.75 Å². The molecule has 4 aliphatic rings. The van der Waals surface area contributed by atoms with Crippen LogP contribution in [0, 0.1) is 22.2 Å². The molecule has 3 aliphatic heterocycles. The lowest BCUT2D eigenvalue weighted by Crippen LogP contribution is -2.74. The molecule has 1 atom stereocenters. The summed E-state index contributed by atoms with van der Waals surface area (Å²) in [5, 5.41) is 14.6. The van der Waals surface area contributed by atoms with E-state index >= 15 is 0 Å². The van der Waals surface area contributed by atoms with Crippen LogP contribution < -0.4 is 20.3 Å². The summed E-state index contributed by atoms with van der Waals surface area (Å²) in [5.41, 5.74) is 1.60.